The van der Waals surface area contributed by atoms with Gasteiger partial charge in [0.25, 0.3) is 0 Å². The highest BCUT2D eigenvalue weighted by Crippen LogP contribution is 2.27. The van der Waals surface area contributed by atoms with Crippen LogP contribution in [0.2, 0.25) is 0 Å². The summed E-state index contributed by atoms with van der Waals surface area (Å²) in [4.78, 5) is 2.28. The summed E-state index contributed by atoms with van der Waals surface area (Å²) >= 11 is 0. The Hall–Kier alpha value is -1.02. The Morgan fingerprint density at radius 2 is 1.69 bits per heavy atom. The predicted molar refractivity (Wildman–Crippen MR) is 68.9 cm³/mol. The number of rotatable bonds is 5. The smallest absolute Gasteiger partial charge is 0.118 e. The number of benzene rings is 1. The third-order valence-corrected chi connectivity index (χ3v) is 2.82. The molecule has 0 spiro atoms. The summed E-state index contributed by atoms with van der Waals surface area (Å²) in [6.45, 7) is 4.53. The summed E-state index contributed by atoms with van der Waals surface area (Å²) in [7, 11) is 5.97. The molecule has 0 radical (unpaired) electrons. The van der Waals surface area contributed by atoms with Crippen LogP contribution in [0.5, 0.6) is 5.75 Å². The van der Waals surface area contributed by atoms with E-state index in [2.05, 4.69) is 45.0 Å². The highest BCUT2D eigenvalue weighted by Gasteiger charge is 2.15. The van der Waals surface area contributed by atoms with E-state index < -0.39 is 0 Å². The number of hydrogen-bond acceptors (Lipinski definition) is 2. The van der Waals surface area contributed by atoms with Crippen molar-refractivity contribution in [2.45, 2.75) is 26.3 Å². The van der Waals surface area contributed by atoms with Gasteiger partial charge < -0.3 is 9.64 Å². The normalized spacial score (nSPS) is 13.2. The first-order chi connectivity index (χ1) is 7.54. The number of hydrogen-bond donors (Lipinski definition) is 0. The minimum absolute atomic E-state index is 0.492. The van der Waals surface area contributed by atoms with Gasteiger partial charge in [0.15, 0.2) is 0 Å². The van der Waals surface area contributed by atoms with Crippen LogP contribution in [0, 0.1) is 5.92 Å². The summed E-state index contributed by atoms with van der Waals surface area (Å²) < 4.78 is 5.18. The number of methoxy groups -OCH3 is 1. The average Bonchev–Trinajstić information content (AvgIpc) is 2.25. The van der Waals surface area contributed by atoms with Crippen molar-refractivity contribution in [1.29, 1.82) is 0 Å². The van der Waals surface area contributed by atoms with Gasteiger partial charge in [-0.1, -0.05) is 26.0 Å². The molecule has 1 atom stereocenters. The second-order valence-electron chi connectivity index (χ2n) is 4.88. The second kappa shape index (κ2) is 5.90. The summed E-state index contributed by atoms with van der Waals surface area (Å²) in [6, 6.07) is 8.88. The molecule has 0 saturated carbocycles. The van der Waals surface area contributed by atoms with Gasteiger partial charge in [-0.15, -0.1) is 0 Å². The quantitative estimate of drug-likeness (QED) is 0.756. The van der Waals surface area contributed by atoms with E-state index in [0.29, 0.717) is 12.0 Å². The zero-order valence-corrected chi connectivity index (χ0v) is 11.0. The maximum Gasteiger partial charge on any atom is 0.118 e. The minimum Gasteiger partial charge on any atom is -0.497 e. The average molecular weight is 221 g/mol. The molecule has 1 unspecified atom stereocenters. The fraction of sp³-hybridized carbons (Fsp3) is 0.571. The van der Waals surface area contributed by atoms with Crippen LogP contribution < -0.4 is 4.74 Å². The molecule has 0 fully saturated rings. The van der Waals surface area contributed by atoms with Crippen molar-refractivity contribution < 1.29 is 4.74 Å². The third kappa shape index (κ3) is 3.53. The highest BCUT2D eigenvalue weighted by molar-refractivity contribution is 5.29. The van der Waals surface area contributed by atoms with E-state index >= 15 is 0 Å². The van der Waals surface area contributed by atoms with Crippen molar-refractivity contribution in [3.05, 3.63) is 29.8 Å². The summed E-state index contributed by atoms with van der Waals surface area (Å²) in [6.07, 6.45) is 1.18. The monoisotopic (exact) mass is 221 g/mol. The first kappa shape index (κ1) is 13.0. The zero-order valence-electron chi connectivity index (χ0n) is 11.0. The second-order valence-corrected chi connectivity index (χ2v) is 4.88. The van der Waals surface area contributed by atoms with E-state index in [1.54, 1.807) is 7.11 Å². The fourth-order valence-electron chi connectivity index (χ4n) is 1.92. The van der Waals surface area contributed by atoms with Crippen molar-refractivity contribution >= 4 is 0 Å². The Morgan fingerprint density at radius 3 is 2.06 bits per heavy atom. The Morgan fingerprint density at radius 1 is 1.12 bits per heavy atom. The van der Waals surface area contributed by atoms with E-state index in [9.17, 15) is 0 Å². The van der Waals surface area contributed by atoms with Gasteiger partial charge in [0.1, 0.15) is 5.75 Å². The van der Waals surface area contributed by atoms with E-state index in [0.717, 1.165) is 5.75 Å². The zero-order chi connectivity index (χ0) is 12.1. The molecule has 1 aromatic carbocycles. The Labute approximate surface area is 99.2 Å². The van der Waals surface area contributed by atoms with Crippen LogP contribution >= 0.6 is 0 Å². The van der Waals surface area contributed by atoms with Gasteiger partial charge in [-0.05, 0) is 44.1 Å². The van der Waals surface area contributed by atoms with Gasteiger partial charge in [0.2, 0.25) is 0 Å². The molecule has 0 N–H and O–H groups in total. The van der Waals surface area contributed by atoms with Crippen LogP contribution in [0.15, 0.2) is 24.3 Å². The van der Waals surface area contributed by atoms with E-state index in [1.807, 2.05) is 12.1 Å². The Kier molecular flexibility index (Phi) is 4.81. The van der Waals surface area contributed by atoms with E-state index in [1.165, 1.54) is 12.0 Å². The first-order valence-corrected chi connectivity index (χ1v) is 5.85. The van der Waals surface area contributed by atoms with Crippen molar-refractivity contribution in [3.8, 4) is 5.75 Å². The molecule has 0 aliphatic rings. The molecule has 90 valence electrons. The molecule has 0 amide bonds. The minimum atomic E-state index is 0.492. The maximum absolute atomic E-state index is 5.18. The molecule has 0 saturated heterocycles. The molecule has 16 heavy (non-hydrogen) atoms. The van der Waals surface area contributed by atoms with Gasteiger partial charge in [0.05, 0.1) is 7.11 Å². The largest absolute Gasteiger partial charge is 0.497 e. The van der Waals surface area contributed by atoms with Crippen molar-refractivity contribution in [2.24, 2.45) is 5.92 Å². The van der Waals surface area contributed by atoms with Crippen LogP contribution in [0.3, 0.4) is 0 Å². The van der Waals surface area contributed by atoms with Crippen LogP contribution in [0.25, 0.3) is 0 Å². The summed E-state index contributed by atoms with van der Waals surface area (Å²) in [5.41, 5.74) is 1.36. The lowest BCUT2D eigenvalue weighted by molar-refractivity contribution is 0.259. The molecule has 0 aliphatic carbocycles. The first-order valence-electron chi connectivity index (χ1n) is 5.85. The lowest BCUT2D eigenvalue weighted by atomic mass is 9.96. The molecule has 1 rings (SSSR count). The molecule has 1 aromatic rings. The van der Waals surface area contributed by atoms with Crippen molar-refractivity contribution in [2.75, 3.05) is 21.2 Å². The van der Waals surface area contributed by atoms with E-state index in [4.69, 9.17) is 4.74 Å². The van der Waals surface area contributed by atoms with Crippen LogP contribution in [-0.4, -0.2) is 26.1 Å². The summed E-state index contributed by atoms with van der Waals surface area (Å²) in [5, 5.41) is 0. The molecule has 2 heteroatoms. The van der Waals surface area contributed by atoms with Crippen LogP contribution in [-0.2, 0) is 0 Å². The summed E-state index contributed by atoms with van der Waals surface area (Å²) in [5.74, 6) is 1.63. The lowest BCUT2D eigenvalue weighted by Gasteiger charge is -2.26. The molecule has 0 bridgehead atoms. The van der Waals surface area contributed by atoms with Gasteiger partial charge in [-0.2, -0.15) is 0 Å². The van der Waals surface area contributed by atoms with Crippen LogP contribution in [0.4, 0.5) is 0 Å². The molecular formula is C14H23NO. The molecule has 0 aromatic heterocycles. The SMILES string of the molecule is COc1ccc(C(CC(C)C)N(C)C)cc1. The topological polar surface area (TPSA) is 12.5 Å². The molecular weight excluding hydrogens is 198 g/mol. The van der Waals surface area contributed by atoms with Crippen molar-refractivity contribution in [1.82, 2.24) is 4.90 Å². The third-order valence-electron chi connectivity index (χ3n) is 2.82. The Bertz CT molecular complexity index is 303. The standard InChI is InChI=1S/C14H23NO/c1-11(2)10-14(15(3)4)12-6-8-13(16-5)9-7-12/h6-9,11,14H,10H2,1-5H3. The van der Waals surface area contributed by atoms with Crippen LogP contribution in [0.1, 0.15) is 31.9 Å². The van der Waals surface area contributed by atoms with Gasteiger partial charge in [0, 0.05) is 6.04 Å². The number of nitrogens with zero attached hydrogens (tertiary/aromatic N) is 1. The van der Waals surface area contributed by atoms with Gasteiger partial charge >= 0.3 is 0 Å². The molecule has 0 aliphatic heterocycles. The van der Waals surface area contributed by atoms with E-state index in [-0.39, 0.29) is 0 Å². The van der Waals surface area contributed by atoms with Gasteiger partial charge in [-0.25, -0.2) is 0 Å². The maximum atomic E-state index is 5.18. The Balaban J connectivity index is 2.84. The molecule has 0 heterocycles. The fourth-order valence-corrected chi connectivity index (χ4v) is 1.92. The highest BCUT2D eigenvalue weighted by atomic mass is 16.5. The predicted octanol–water partition coefficient (Wildman–Crippen LogP) is 3.34. The lowest BCUT2D eigenvalue weighted by Crippen LogP contribution is -2.21. The number of ether oxygens (including phenoxy) is 1. The van der Waals surface area contributed by atoms with Gasteiger partial charge in [-0.3, -0.25) is 0 Å². The molecule has 2 nitrogen and oxygen atoms in total. The van der Waals surface area contributed by atoms with Crippen molar-refractivity contribution in [3.63, 3.8) is 0 Å².